The van der Waals surface area contributed by atoms with Crippen LogP contribution in [0, 0.1) is 0 Å². The zero-order chi connectivity index (χ0) is 13.4. The minimum absolute atomic E-state index is 0.0794. The van der Waals surface area contributed by atoms with E-state index in [-0.39, 0.29) is 5.91 Å². The molecule has 6 heteroatoms. The fourth-order valence-corrected chi connectivity index (χ4v) is 2.14. The number of amides is 1. The van der Waals surface area contributed by atoms with E-state index in [4.69, 9.17) is 5.73 Å². The summed E-state index contributed by atoms with van der Waals surface area (Å²) in [5.74, 6) is 0.293. The standard InChI is InChI=1S/C13H15N5O/c1-2-3-9-10(13(19)17-8-4-5-8)6-18-11(9)12(14)15-7-16-18/h2,6-8H,1,3-5H2,(H,17,19)(H2,14,15,16). The van der Waals surface area contributed by atoms with E-state index >= 15 is 0 Å². The van der Waals surface area contributed by atoms with Crippen molar-refractivity contribution in [2.45, 2.75) is 25.3 Å². The van der Waals surface area contributed by atoms with Crippen molar-refractivity contribution in [1.29, 1.82) is 0 Å². The van der Waals surface area contributed by atoms with E-state index in [0.29, 0.717) is 29.4 Å². The van der Waals surface area contributed by atoms with Crippen LogP contribution in [0.3, 0.4) is 0 Å². The summed E-state index contributed by atoms with van der Waals surface area (Å²) in [6.07, 6.45) is 7.49. The normalized spacial score (nSPS) is 14.5. The molecule has 2 heterocycles. The number of nitrogens with two attached hydrogens (primary N) is 1. The SMILES string of the molecule is C=CCc1c(C(=O)NC2CC2)cn2ncnc(N)c12. The predicted molar refractivity (Wildman–Crippen MR) is 71.8 cm³/mol. The molecular formula is C13H15N5O. The van der Waals surface area contributed by atoms with E-state index in [1.807, 2.05) is 0 Å². The number of allylic oxidation sites excluding steroid dienone is 1. The van der Waals surface area contributed by atoms with Gasteiger partial charge in [-0.3, -0.25) is 4.79 Å². The van der Waals surface area contributed by atoms with Crippen LogP contribution in [0.5, 0.6) is 0 Å². The molecule has 1 aliphatic rings. The van der Waals surface area contributed by atoms with Crippen molar-refractivity contribution in [3.8, 4) is 0 Å². The smallest absolute Gasteiger partial charge is 0.253 e. The summed E-state index contributed by atoms with van der Waals surface area (Å²) in [5.41, 5.74) is 7.98. The number of aromatic nitrogens is 3. The first-order valence-corrected chi connectivity index (χ1v) is 6.23. The molecule has 0 saturated heterocycles. The summed E-state index contributed by atoms with van der Waals surface area (Å²) in [4.78, 5) is 16.2. The van der Waals surface area contributed by atoms with Crippen LogP contribution in [0.2, 0.25) is 0 Å². The van der Waals surface area contributed by atoms with Crippen molar-refractivity contribution in [3.05, 3.63) is 36.3 Å². The first-order valence-electron chi connectivity index (χ1n) is 6.23. The van der Waals surface area contributed by atoms with Gasteiger partial charge in [0.1, 0.15) is 11.8 Å². The van der Waals surface area contributed by atoms with Gasteiger partial charge in [0.2, 0.25) is 0 Å². The fourth-order valence-electron chi connectivity index (χ4n) is 2.14. The molecular weight excluding hydrogens is 242 g/mol. The Hall–Kier alpha value is -2.37. The zero-order valence-electron chi connectivity index (χ0n) is 10.5. The highest BCUT2D eigenvalue weighted by atomic mass is 16.1. The summed E-state index contributed by atoms with van der Waals surface area (Å²) >= 11 is 0. The van der Waals surface area contributed by atoms with Crippen molar-refractivity contribution in [3.63, 3.8) is 0 Å². The molecule has 6 nitrogen and oxygen atoms in total. The highest BCUT2D eigenvalue weighted by molar-refractivity contribution is 5.99. The van der Waals surface area contributed by atoms with Gasteiger partial charge in [-0.15, -0.1) is 6.58 Å². The summed E-state index contributed by atoms with van der Waals surface area (Å²) in [5, 5.41) is 7.07. The number of carbonyl (C=O) groups excluding carboxylic acids is 1. The Morgan fingerprint density at radius 3 is 3.11 bits per heavy atom. The third-order valence-electron chi connectivity index (χ3n) is 3.21. The Kier molecular flexibility index (Phi) is 2.70. The van der Waals surface area contributed by atoms with Gasteiger partial charge in [0.25, 0.3) is 5.91 Å². The van der Waals surface area contributed by atoms with E-state index in [0.717, 1.165) is 18.4 Å². The average Bonchev–Trinajstić information content (AvgIpc) is 3.11. The van der Waals surface area contributed by atoms with Crippen molar-refractivity contribution in [1.82, 2.24) is 19.9 Å². The monoisotopic (exact) mass is 257 g/mol. The topological polar surface area (TPSA) is 85.3 Å². The third kappa shape index (κ3) is 2.05. The number of rotatable bonds is 4. The van der Waals surface area contributed by atoms with Gasteiger partial charge in [-0.2, -0.15) is 5.10 Å². The molecule has 2 aromatic heterocycles. The maximum absolute atomic E-state index is 12.2. The zero-order valence-corrected chi connectivity index (χ0v) is 10.5. The van der Waals surface area contributed by atoms with Crippen LogP contribution < -0.4 is 11.1 Å². The second kappa shape index (κ2) is 4.38. The van der Waals surface area contributed by atoms with Crippen LogP contribution in [0.1, 0.15) is 28.8 Å². The molecule has 0 unspecified atom stereocenters. The van der Waals surface area contributed by atoms with Crippen molar-refractivity contribution in [2.24, 2.45) is 0 Å². The number of anilines is 1. The summed E-state index contributed by atoms with van der Waals surface area (Å²) in [7, 11) is 0. The van der Waals surface area contributed by atoms with Crippen LogP contribution >= 0.6 is 0 Å². The fraction of sp³-hybridized carbons (Fsp3) is 0.308. The molecule has 1 aliphatic carbocycles. The van der Waals surface area contributed by atoms with Crippen LogP contribution in [0.25, 0.3) is 5.52 Å². The molecule has 1 saturated carbocycles. The third-order valence-corrected chi connectivity index (χ3v) is 3.21. The van der Waals surface area contributed by atoms with E-state index in [1.54, 1.807) is 16.8 Å². The van der Waals surface area contributed by atoms with E-state index in [1.165, 1.54) is 6.33 Å². The highest BCUT2D eigenvalue weighted by Gasteiger charge is 2.26. The molecule has 3 N–H and O–H groups in total. The summed E-state index contributed by atoms with van der Waals surface area (Å²) < 4.78 is 1.60. The molecule has 0 aliphatic heterocycles. The quantitative estimate of drug-likeness (QED) is 0.798. The number of carbonyl (C=O) groups is 1. The van der Waals surface area contributed by atoms with Gasteiger partial charge in [-0.05, 0) is 24.8 Å². The molecule has 0 atom stereocenters. The predicted octanol–water partition coefficient (Wildman–Crippen LogP) is 0.932. The number of hydrogen-bond donors (Lipinski definition) is 2. The number of nitrogens with one attached hydrogen (secondary N) is 1. The summed E-state index contributed by atoms with van der Waals surface area (Å²) in [6.45, 7) is 3.72. The lowest BCUT2D eigenvalue weighted by Gasteiger charge is -2.04. The minimum atomic E-state index is -0.0794. The highest BCUT2D eigenvalue weighted by Crippen LogP contribution is 2.24. The van der Waals surface area contributed by atoms with E-state index in [9.17, 15) is 4.79 Å². The molecule has 19 heavy (non-hydrogen) atoms. The van der Waals surface area contributed by atoms with Crippen molar-refractivity contribution >= 4 is 17.2 Å². The Labute approximate surface area is 110 Å². The second-order valence-corrected chi connectivity index (χ2v) is 4.70. The Bertz CT molecular complexity index is 656. The van der Waals surface area contributed by atoms with Gasteiger partial charge in [0.15, 0.2) is 5.82 Å². The van der Waals surface area contributed by atoms with E-state index < -0.39 is 0 Å². The van der Waals surface area contributed by atoms with Crippen molar-refractivity contribution < 1.29 is 4.79 Å². The summed E-state index contributed by atoms with van der Waals surface area (Å²) in [6, 6.07) is 0.315. The van der Waals surface area contributed by atoms with Crippen LogP contribution in [-0.2, 0) is 6.42 Å². The van der Waals surface area contributed by atoms with Crippen LogP contribution in [0.15, 0.2) is 25.2 Å². The van der Waals surface area contributed by atoms with Crippen LogP contribution in [-0.4, -0.2) is 26.5 Å². The van der Waals surface area contributed by atoms with Gasteiger partial charge >= 0.3 is 0 Å². The molecule has 0 radical (unpaired) electrons. The Morgan fingerprint density at radius 2 is 2.42 bits per heavy atom. The molecule has 3 rings (SSSR count). The lowest BCUT2D eigenvalue weighted by molar-refractivity contribution is 0.0950. The molecule has 0 spiro atoms. The molecule has 98 valence electrons. The van der Waals surface area contributed by atoms with Crippen LogP contribution in [0.4, 0.5) is 5.82 Å². The van der Waals surface area contributed by atoms with Gasteiger partial charge in [-0.25, -0.2) is 9.50 Å². The lowest BCUT2D eigenvalue weighted by atomic mass is 10.1. The second-order valence-electron chi connectivity index (χ2n) is 4.70. The lowest BCUT2D eigenvalue weighted by Crippen LogP contribution is -2.25. The van der Waals surface area contributed by atoms with Gasteiger partial charge < -0.3 is 11.1 Å². The van der Waals surface area contributed by atoms with Gasteiger partial charge in [-0.1, -0.05) is 6.08 Å². The molecule has 1 amide bonds. The minimum Gasteiger partial charge on any atom is -0.382 e. The molecule has 0 bridgehead atoms. The molecule has 0 aromatic carbocycles. The number of nitrogens with zero attached hydrogens (tertiary/aromatic N) is 3. The largest absolute Gasteiger partial charge is 0.382 e. The maximum atomic E-state index is 12.2. The Balaban J connectivity index is 2.11. The number of fused-ring (bicyclic) bond motifs is 1. The van der Waals surface area contributed by atoms with Gasteiger partial charge in [0.05, 0.1) is 5.56 Å². The number of nitrogen functional groups attached to an aromatic ring is 1. The maximum Gasteiger partial charge on any atom is 0.253 e. The first kappa shape index (κ1) is 11.7. The van der Waals surface area contributed by atoms with E-state index in [2.05, 4.69) is 22.0 Å². The van der Waals surface area contributed by atoms with Gasteiger partial charge in [0, 0.05) is 12.2 Å². The van der Waals surface area contributed by atoms with Crippen molar-refractivity contribution in [2.75, 3.05) is 5.73 Å². The Morgan fingerprint density at radius 1 is 1.63 bits per heavy atom. The molecule has 1 fully saturated rings. The molecule has 2 aromatic rings. The number of hydrogen-bond acceptors (Lipinski definition) is 4. The average molecular weight is 257 g/mol. The first-order chi connectivity index (χ1) is 9.20.